The predicted octanol–water partition coefficient (Wildman–Crippen LogP) is 8.00. The van der Waals surface area contributed by atoms with Crippen LogP contribution in [0, 0.1) is 5.92 Å². The Balaban J connectivity index is 1.30. The van der Waals surface area contributed by atoms with E-state index in [-0.39, 0.29) is 0 Å². The smallest absolute Gasteiger partial charge is 0.161 e. The number of piperidine rings is 2. The Labute approximate surface area is 284 Å². The molecule has 1 atom stereocenters. The molecule has 0 spiro atoms. The molecule has 6 heterocycles. The summed E-state index contributed by atoms with van der Waals surface area (Å²) >= 11 is 6.98. The van der Waals surface area contributed by atoms with Crippen LogP contribution in [0.4, 0.5) is 5.82 Å². The van der Waals surface area contributed by atoms with Crippen LogP contribution in [0.25, 0.3) is 42.7 Å². The van der Waals surface area contributed by atoms with Crippen LogP contribution in [0.3, 0.4) is 0 Å². The summed E-state index contributed by atoms with van der Waals surface area (Å²) in [5.74, 6) is 2.08. The van der Waals surface area contributed by atoms with Crippen LogP contribution in [-0.4, -0.2) is 56.6 Å². The summed E-state index contributed by atoms with van der Waals surface area (Å²) in [5.41, 5.74) is 4.77. The number of thiophene rings is 2. The number of aromatic nitrogens is 4. The highest BCUT2D eigenvalue weighted by Gasteiger charge is 2.46. The number of nitrogens with zero attached hydrogens (tertiary/aromatic N) is 5. The van der Waals surface area contributed by atoms with Gasteiger partial charge in [-0.2, -0.15) is 0 Å². The van der Waals surface area contributed by atoms with Crippen molar-refractivity contribution in [3.8, 4) is 22.3 Å². The van der Waals surface area contributed by atoms with Gasteiger partial charge in [0.2, 0.25) is 0 Å². The van der Waals surface area contributed by atoms with E-state index in [1.54, 1.807) is 29.0 Å². The molecule has 0 bridgehead atoms. The number of anilines is 1. The first kappa shape index (κ1) is 30.1. The zero-order valence-corrected chi connectivity index (χ0v) is 28.6. The summed E-state index contributed by atoms with van der Waals surface area (Å²) in [4.78, 5) is 24.4. The van der Waals surface area contributed by atoms with Gasteiger partial charge in [-0.15, -0.1) is 22.7 Å². The number of hydrogen-bond acceptors (Lipinski definition) is 9. The number of nitrogens with one attached hydrogen (secondary N) is 1. The number of aliphatic hydroxyl groups excluding tert-OH is 1. The highest BCUT2D eigenvalue weighted by molar-refractivity contribution is 9.09. The van der Waals surface area contributed by atoms with Crippen molar-refractivity contribution in [2.45, 2.75) is 37.2 Å². The predicted molar refractivity (Wildman–Crippen MR) is 193 cm³/mol. The van der Waals surface area contributed by atoms with Crippen LogP contribution < -0.4 is 10.2 Å². The number of rotatable bonds is 7. The fourth-order valence-corrected chi connectivity index (χ4v) is 9.77. The van der Waals surface area contributed by atoms with Gasteiger partial charge in [0.05, 0.1) is 11.1 Å². The molecule has 0 saturated carbocycles. The molecule has 10 heteroatoms. The van der Waals surface area contributed by atoms with Crippen molar-refractivity contribution in [2.24, 2.45) is 5.92 Å². The van der Waals surface area contributed by atoms with Gasteiger partial charge in [0.15, 0.2) is 5.82 Å². The van der Waals surface area contributed by atoms with Gasteiger partial charge >= 0.3 is 0 Å². The Bertz CT molecular complexity index is 1970. The third-order valence-corrected chi connectivity index (χ3v) is 12.5. The molecule has 8 rings (SSSR count). The molecule has 2 saturated heterocycles. The molecule has 46 heavy (non-hydrogen) atoms. The average molecular weight is 712 g/mol. The van der Waals surface area contributed by atoms with Gasteiger partial charge in [0.25, 0.3) is 0 Å². The maximum Gasteiger partial charge on any atom is 0.161 e. The van der Waals surface area contributed by atoms with E-state index in [0.29, 0.717) is 11.7 Å². The minimum Gasteiger partial charge on any atom is -0.384 e. The van der Waals surface area contributed by atoms with Crippen molar-refractivity contribution >= 4 is 64.9 Å². The fraction of sp³-hybridized carbons (Fsp3) is 0.333. The first-order valence-corrected chi connectivity index (χ1v) is 18.9. The Morgan fingerprint density at radius 3 is 2.13 bits per heavy atom. The number of fused-ring (bicyclic) bond motifs is 2. The topological polar surface area (TPSA) is 87.1 Å². The van der Waals surface area contributed by atoms with Crippen molar-refractivity contribution in [1.29, 1.82) is 0 Å². The van der Waals surface area contributed by atoms with Crippen LogP contribution >= 0.6 is 38.6 Å². The zero-order valence-electron chi connectivity index (χ0n) is 25.4. The first-order valence-electron chi connectivity index (χ1n) is 16.0. The summed E-state index contributed by atoms with van der Waals surface area (Å²) in [6.45, 7) is 3.41. The minimum absolute atomic E-state index is 0.483. The van der Waals surface area contributed by atoms with E-state index in [1.165, 1.54) is 0 Å². The molecule has 0 radical (unpaired) electrons. The average Bonchev–Trinajstić information content (AvgIpc) is 3.77. The second kappa shape index (κ2) is 12.7. The zero-order chi connectivity index (χ0) is 31.1. The molecule has 2 aliphatic heterocycles. The summed E-state index contributed by atoms with van der Waals surface area (Å²) < 4.78 is 0. The number of halogens is 1. The molecule has 7 nitrogen and oxygen atoms in total. The van der Waals surface area contributed by atoms with E-state index >= 15 is 0 Å². The Hall–Kier alpha value is -3.28. The normalized spacial score (nSPS) is 17.9. The second-order valence-corrected chi connectivity index (χ2v) is 14.8. The molecular weight excluding hydrogens is 676 g/mol. The lowest BCUT2D eigenvalue weighted by Crippen LogP contribution is -2.45. The lowest BCUT2D eigenvalue weighted by Gasteiger charge is -2.41. The molecule has 0 amide bonds. The maximum atomic E-state index is 12.7. The van der Waals surface area contributed by atoms with Crippen LogP contribution in [-0.2, 0) is 5.41 Å². The molecule has 0 aliphatic carbocycles. The Morgan fingerprint density at radius 1 is 0.848 bits per heavy atom. The second-order valence-electron chi connectivity index (χ2n) is 12.4. The molecule has 6 aromatic rings. The van der Waals surface area contributed by atoms with Crippen LogP contribution in [0.2, 0.25) is 0 Å². The molecular formula is C36H35BrN6OS2. The summed E-state index contributed by atoms with van der Waals surface area (Å²) in [5, 5.41) is 23.7. The molecule has 2 N–H and O–H groups in total. The largest absolute Gasteiger partial charge is 0.384 e. The molecule has 1 unspecified atom stereocenters. The lowest BCUT2D eigenvalue weighted by atomic mass is 9.70. The van der Waals surface area contributed by atoms with Crippen LogP contribution in [0.15, 0.2) is 77.8 Å². The highest BCUT2D eigenvalue weighted by Crippen LogP contribution is 2.49. The van der Waals surface area contributed by atoms with Gasteiger partial charge in [-0.25, -0.2) is 19.9 Å². The van der Waals surface area contributed by atoms with E-state index in [1.807, 2.05) is 12.1 Å². The van der Waals surface area contributed by atoms with E-state index in [0.717, 1.165) is 111 Å². The number of hydrogen-bond donors (Lipinski definition) is 2. The van der Waals surface area contributed by atoms with Gasteiger partial charge in [0.1, 0.15) is 27.9 Å². The number of alkyl halides is 1. The highest BCUT2D eigenvalue weighted by atomic mass is 79.9. The van der Waals surface area contributed by atoms with Gasteiger partial charge in [-0.05, 0) is 55.8 Å². The quantitative estimate of drug-likeness (QED) is 0.162. The molecule has 2 fully saturated rings. The monoisotopic (exact) mass is 710 g/mol. The van der Waals surface area contributed by atoms with Crippen molar-refractivity contribution in [3.05, 3.63) is 89.3 Å². The number of benzene rings is 2. The van der Waals surface area contributed by atoms with Crippen molar-refractivity contribution in [1.82, 2.24) is 25.3 Å². The van der Waals surface area contributed by atoms with Crippen molar-refractivity contribution in [3.63, 3.8) is 0 Å². The molecule has 4 aromatic heterocycles. The van der Waals surface area contributed by atoms with E-state index in [4.69, 9.17) is 15.0 Å². The van der Waals surface area contributed by atoms with Crippen LogP contribution in [0.1, 0.15) is 43.3 Å². The lowest BCUT2D eigenvalue weighted by molar-refractivity contribution is 0.0489. The van der Waals surface area contributed by atoms with E-state index in [9.17, 15) is 5.11 Å². The third-order valence-electron chi connectivity index (χ3n) is 9.84. The Kier molecular flexibility index (Phi) is 8.32. The van der Waals surface area contributed by atoms with Crippen molar-refractivity contribution in [2.75, 3.05) is 36.4 Å². The number of aliphatic hydroxyl groups is 1. The van der Waals surface area contributed by atoms with Gasteiger partial charge in [-0.1, -0.05) is 76.6 Å². The third kappa shape index (κ3) is 5.24. The standard InChI is InChI=1S/C36H35BrN6OS2/c37-19-23-11-17-43(18-12-23)33-29-27(25-9-5-2-6-10-25)21-46-35(29)42-32(41-33)31(44)36(13-15-38-16-14-36)30-28-26(24-7-3-1-4-8-24)20-45-34(28)40-22-39-30/h1-10,20-23,31,38,44H,11-19H2. The first-order chi connectivity index (χ1) is 22.7. The summed E-state index contributed by atoms with van der Waals surface area (Å²) in [7, 11) is 0. The van der Waals surface area contributed by atoms with Gasteiger partial charge < -0.3 is 15.3 Å². The molecule has 2 aromatic carbocycles. The molecule has 2 aliphatic rings. The molecule has 234 valence electrons. The summed E-state index contributed by atoms with van der Waals surface area (Å²) in [6.07, 6.45) is 4.37. The Morgan fingerprint density at radius 2 is 1.48 bits per heavy atom. The fourth-order valence-electron chi connectivity index (χ4n) is 7.26. The minimum atomic E-state index is -0.943. The van der Waals surface area contributed by atoms with Gasteiger partial charge in [-0.3, -0.25) is 0 Å². The van der Waals surface area contributed by atoms with Crippen LogP contribution in [0.5, 0.6) is 0 Å². The van der Waals surface area contributed by atoms with E-state index in [2.05, 4.69) is 90.4 Å². The SMILES string of the molecule is OC(c1nc(N2CCC(CBr)CC2)c2c(-c3ccccc3)csc2n1)C1(c2ncnc3scc(-c4ccccc4)c23)CCNCC1. The maximum absolute atomic E-state index is 12.7. The summed E-state index contributed by atoms with van der Waals surface area (Å²) in [6, 6.07) is 20.9. The van der Waals surface area contributed by atoms with E-state index < -0.39 is 11.5 Å². The van der Waals surface area contributed by atoms with Gasteiger partial charge in [0, 0.05) is 51.1 Å². The van der Waals surface area contributed by atoms with Crippen molar-refractivity contribution < 1.29 is 5.11 Å².